The minimum Gasteiger partial charge on any atom is -0.392 e. The Bertz CT molecular complexity index is 611. The van der Waals surface area contributed by atoms with Crippen LogP contribution in [-0.2, 0) is 19.7 Å². The van der Waals surface area contributed by atoms with Crippen molar-refractivity contribution >= 4 is 6.03 Å². The van der Waals surface area contributed by atoms with Crippen molar-refractivity contribution in [1.82, 2.24) is 10.6 Å². The monoisotopic (exact) mass is 284 g/mol. The zero-order chi connectivity index (χ0) is 15.1. The molecule has 4 nitrogen and oxygen atoms in total. The van der Waals surface area contributed by atoms with Gasteiger partial charge in [0.05, 0.1) is 6.61 Å². The van der Waals surface area contributed by atoms with E-state index in [2.05, 4.69) is 10.6 Å². The van der Waals surface area contributed by atoms with Crippen molar-refractivity contribution in [2.75, 3.05) is 0 Å². The zero-order valence-electron chi connectivity index (χ0n) is 12.1. The van der Waals surface area contributed by atoms with Crippen molar-refractivity contribution in [3.8, 4) is 0 Å². The van der Waals surface area contributed by atoms with E-state index in [0.717, 1.165) is 16.7 Å². The quantitative estimate of drug-likeness (QED) is 0.790. The van der Waals surface area contributed by atoms with Gasteiger partial charge in [0, 0.05) is 13.1 Å². The molecule has 0 spiro atoms. The third-order valence-electron chi connectivity index (χ3n) is 3.26. The normalized spacial score (nSPS) is 10.2. The van der Waals surface area contributed by atoms with E-state index < -0.39 is 0 Å². The van der Waals surface area contributed by atoms with Crippen LogP contribution in [0.3, 0.4) is 0 Å². The van der Waals surface area contributed by atoms with Gasteiger partial charge < -0.3 is 15.7 Å². The average Bonchev–Trinajstić information content (AvgIpc) is 2.51. The highest BCUT2D eigenvalue weighted by atomic mass is 16.3. The summed E-state index contributed by atoms with van der Waals surface area (Å²) in [5, 5.41) is 14.9. The molecule has 2 aromatic rings. The minimum absolute atomic E-state index is 0.0250. The SMILES string of the molecule is Cc1cccc(CNC(=O)NCc2ccccc2CO)c1. The van der Waals surface area contributed by atoms with Crippen LogP contribution in [0.2, 0.25) is 0 Å². The van der Waals surface area contributed by atoms with Crippen molar-refractivity contribution in [2.24, 2.45) is 0 Å². The summed E-state index contributed by atoms with van der Waals surface area (Å²) in [5.41, 5.74) is 4.00. The molecule has 0 bridgehead atoms. The smallest absolute Gasteiger partial charge is 0.315 e. The number of aliphatic hydroxyl groups is 1. The van der Waals surface area contributed by atoms with Gasteiger partial charge in [-0.2, -0.15) is 0 Å². The number of urea groups is 1. The number of aryl methyl sites for hydroxylation is 1. The Balaban J connectivity index is 1.82. The van der Waals surface area contributed by atoms with Gasteiger partial charge in [-0.15, -0.1) is 0 Å². The number of carbonyl (C=O) groups is 1. The zero-order valence-corrected chi connectivity index (χ0v) is 12.1. The molecule has 2 rings (SSSR count). The van der Waals surface area contributed by atoms with Crippen LogP contribution in [0.15, 0.2) is 48.5 Å². The second kappa shape index (κ2) is 7.45. The molecule has 0 radical (unpaired) electrons. The maximum absolute atomic E-state index is 11.8. The molecule has 0 unspecified atom stereocenters. The van der Waals surface area contributed by atoms with Gasteiger partial charge in [-0.1, -0.05) is 54.1 Å². The van der Waals surface area contributed by atoms with Crippen LogP contribution in [-0.4, -0.2) is 11.1 Å². The largest absolute Gasteiger partial charge is 0.392 e. The van der Waals surface area contributed by atoms with Gasteiger partial charge in [-0.05, 0) is 23.6 Å². The fraction of sp³-hybridized carbons (Fsp3) is 0.235. The van der Waals surface area contributed by atoms with Crippen molar-refractivity contribution in [2.45, 2.75) is 26.6 Å². The number of amides is 2. The molecule has 0 aliphatic rings. The van der Waals surface area contributed by atoms with E-state index in [0.29, 0.717) is 13.1 Å². The molecule has 21 heavy (non-hydrogen) atoms. The van der Waals surface area contributed by atoms with Crippen molar-refractivity contribution < 1.29 is 9.90 Å². The van der Waals surface area contributed by atoms with E-state index in [9.17, 15) is 9.90 Å². The third-order valence-corrected chi connectivity index (χ3v) is 3.26. The molecule has 0 aliphatic heterocycles. The Morgan fingerprint density at radius 3 is 2.43 bits per heavy atom. The van der Waals surface area contributed by atoms with Gasteiger partial charge in [-0.3, -0.25) is 0 Å². The lowest BCUT2D eigenvalue weighted by Crippen LogP contribution is -2.34. The lowest BCUT2D eigenvalue weighted by Gasteiger charge is -2.10. The molecule has 0 heterocycles. The predicted octanol–water partition coefficient (Wildman–Crippen LogP) is 2.49. The van der Waals surface area contributed by atoms with Crippen molar-refractivity contribution in [3.05, 3.63) is 70.8 Å². The average molecular weight is 284 g/mol. The Kier molecular flexibility index (Phi) is 5.35. The van der Waals surface area contributed by atoms with Crippen molar-refractivity contribution in [3.63, 3.8) is 0 Å². The summed E-state index contributed by atoms with van der Waals surface area (Å²) < 4.78 is 0. The molecule has 0 saturated heterocycles. The lowest BCUT2D eigenvalue weighted by atomic mass is 10.1. The van der Waals surface area contributed by atoms with Crippen LogP contribution in [0, 0.1) is 6.92 Å². The molecule has 0 atom stereocenters. The number of rotatable bonds is 5. The molecule has 0 saturated carbocycles. The summed E-state index contributed by atoms with van der Waals surface area (Å²) in [7, 11) is 0. The first-order valence-electron chi connectivity index (χ1n) is 6.94. The second-order valence-corrected chi connectivity index (χ2v) is 4.95. The maximum Gasteiger partial charge on any atom is 0.315 e. The molecular formula is C17H20N2O2. The van der Waals surface area contributed by atoms with E-state index in [-0.39, 0.29) is 12.6 Å². The number of carbonyl (C=O) groups excluding carboxylic acids is 1. The van der Waals surface area contributed by atoms with E-state index in [4.69, 9.17) is 0 Å². The molecule has 0 aliphatic carbocycles. The Morgan fingerprint density at radius 1 is 1.00 bits per heavy atom. The number of benzene rings is 2. The van der Waals surface area contributed by atoms with Gasteiger partial charge in [0.2, 0.25) is 0 Å². The molecule has 110 valence electrons. The number of nitrogens with one attached hydrogen (secondary N) is 2. The van der Waals surface area contributed by atoms with Crippen LogP contribution in [0.5, 0.6) is 0 Å². The Morgan fingerprint density at radius 2 is 1.71 bits per heavy atom. The molecule has 3 N–H and O–H groups in total. The van der Waals surface area contributed by atoms with E-state index in [1.807, 2.05) is 55.5 Å². The molecule has 2 amide bonds. The summed E-state index contributed by atoms with van der Waals surface area (Å²) in [6.45, 7) is 2.89. The van der Waals surface area contributed by atoms with Gasteiger partial charge >= 0.3 is 6.03 Å². The lowest BCUT2D eigenvalue weighted by molar-refractivity contribution is 0.239. The first-order chi connectivity index (χ1) is 10.2. The van der Waals surface area contributed by atoms with Crippen LogP contribution >= 0.6 is 0 Å². The molecule has 0 aromatic heterocycles. The number of hydrogen-bond donors (Lipinski definition) is 3. The fourth-order valence-corrected chi connectivity index (χ4v) is 2.13. The predicted molar refractivity (Wildman–Crippen MR) is 82.6 cm³/mol. The maximum atomic E-state index is 11.8. The van der Waals surface area contributed by atoms with E-state index >= 15 is 0 Å². The highest BCUT2D eigenvalue weighted by Crippen LogP contribution is 2.08. The standard InChI is InChI=1S/C17H20N2O2/c1-13-5-4-6-14(9-13)10-18-17(21)19-11-15-7-2-3-8-16(15)12-20/h2-9,20H,10-12H2,1H3,(H2,18,19,21). The topological polar surface area (TPSA) is 61.4 Å². The van der Waals surface area contributed by atoms with E-state index in [1.165, 1.54) is 5.56 Å². The van der Waals surface area contributed by atoms with Crippen LogP contribution in [0.25, 0.3) is 0 Å². The molecule has 0 fully saturated rings. The fourth-order valence-electron chi connectivity index (χ4n) is 2.13. The first kappa shape index (κ1) is 15.1. The summed E-state index contributed by atoms with van der Waals surface area (Å²) in [4.78, 5) is 11.8. The van der Waals surface area contributed by atoms with Crippen LogP contribution in [0.1, 0.15) is 22.3 Å². The summed E-state index contributed by atoms with van der Waals surface area (Å²) in [6, 6.07) is 15.3. The van der Waals surface area contributed by atoms with Gasteiger partial charge in [-0.25, -0.2) is 4.79 Å². The Labute approximate surface area is 124 Å². The van der Waals surface area contributed by atoms with Crippen LogP contribution < -0.4 is 10.6 Å². The summed E-state index contributed by atoms with van der Waals surface area (Å²) in [5.74, 6) is 0. The van der Waals surface area contributed by atoms with Gasteiger partial charge in [0.15, 0.2) is 0 Å². The molecule has 4 heteroatoms. The van der Waals surface area contributed by atoms with Crippen LogP contribution in [0.4, 0.5) is 4.79 Å². The van der Waals surface area contributed by atoms with Gasteiger partial charge in [0.1, 0.15) is 0 Å². The summed E-state index contributed by atoms with van der Waals surface area (Å²) >= 11 is 0. The van der Waals surface area contributed by atoms with E-state index in [1.54, 1.807) is 0 Å². The number of hydrogen-bond acceptors (Lipinski definition) is 2. The first-order valence-corrected chi connectivity index (χ1v) is 6.94. The highest BCUT2D eigenvalue weighted by Gasteiger charge is 2.04. The minimum atomic E-state index is -0.218. The Hall–Kier alpha value is -2.33. The van der Waals surface area contributed by atoms with Crippen molar-refractivity contribution in [1.29, 1.82) is 0 Å². The highest BCUT2D eigenvalue weighted by molar-refractivity contribution is 5.73. The molecule has 2 aromatic carbocycles. The number of aliphatic hydroxyl groups excluding tert-OH is 1. The second-order valence-electron chi connectivity index (χ2n) is 4.95. The molecular weight excluding hydrogens is 264 g/mol. The van der Waals surface area contributed by atoms with Gasteiger partial charge in [0.25, 0.3) is 0 Å². The third kappa shape index (κ3) is 4.61. The summed E-state index contributed by atoms with van der Waals surface area (Å²) in [6.07, 6.45) is 0.